The summed E-state index contributed by atoms with van der Waals surface area (Å²) < 4.78 is 22.9. The molecule has 1 N–H and O–H groups in total. The molecule has 0 aliphatic rings. The van der Waals surface area contributed by atoms with Crippen LogP contribution in [0.4, 0.5) is 0 Å². The van der Waals surface area contributed by atoms with Gasteiger partial charge < -0.3 is 28.5 Å². The number of carboxylic acids is 1. The van der Waals surface area contributed by atoms with Crippen molar-refractivity contribution in [2.75, 3.05) is 47.5 Å². The highest BCUT2D eigenvalue weighted by atomic mass is 16.7. The smallest absolute Gasteiger partial charge is 0.361 e. The molecule has 0 spiro atoms. The summed E-state index contributed by atoms with van der Waals surface area (Å²) in [5.41, 5.74) is 0. The van der Waals surface area contributed by atoms with E-state index in [1.165, 1.54) is 218 Å². The maximum atomic E-state index is 12.9. The van der Waals surface area contributed by atoms with Crippen molar-refractivity contribution in [2.24, 2.45) is 0 Å². The van der Waals surface area contributed by atoms with Crippen LogP contribution in [0.5, 0.6) is 0 Å². The third-order valence-electron chi connectivity index (χ3n) is 14.6. The number of carboxylic acid groups (broad SMARTS) is 1. The Balaban J connectivity index is 4.07. The molecule has 0 aromatic rings. The lowest BCUT2D eigenvalue weighted by molar-refractivity contribution is -0.870. The number of ether oxygens (including phenoxy) is 4. The summed E-state index contributed by atoms with van der Waals surface area (Å²) in [5, 5.41) is 9.72. The van der Waals surface area contributed by atoms with Gasteiger partial charge in [0.1, 0.15) is 13.2 Å². The highest BCUT2D eigenvalue weighted by molar-refractivity contribution is 5.71. The number of hydrogen-bond donors (Lipinski definition) is 1. The number of nitrogens with zero attached hydrogens (tertiary/aromatic N) is 1. The van der Waals surface area contributed by atoms with Crippen LogP contribution >= 0.6 is 0 Å². The van der Waals surface area contributed by atoms with Crippen LogP contribution in [-0.2, 0) is 33.3 Å². The number of allylic oxidation sites excluding steroid dienone is 8. The van der Waals surface area contributed by atoms with Gasteiger partial charge in [-0.2, -0.15) is 0 Å². The lowest BCUT2D eigenvalue weighted by atomic mass is 10.0. The number of esters is 2. The van der Waals surface area contributed by atoms with Crippen LogP contribution < -0.4 is 0 Å². The van der Waals surface area contributed by atoms with Crippen molar-refractivity contribution in [3.05, 3.63) is 48.6 Å². The van der Waals surface area contributed by atoms with Crippen molar-refractivity contribution in [1.82, 2.24) is 0 Å². The molecule has 0 fully saturated rings. The molecule has 0 aromatic carbocycles. The predicted octanol–water partition coefficient (Wildman–Crippen LogP) is 19.8. The van der Waals surface area contributed by atoms with Crippen LogP contribution in [0, 0.1) is 0 Å². The van der Waals surface area contributed by atoms with E-state index in [2.05, 4.69) is 62.5 Å². The second kappa shape index (κ2) is 59.4. The normalized spacial score (nSPS) is 13.0. The lowest BCUT2D eigenvalue weighted by Gasteiger charge is -2.25. The Morgan fingerprint density at radius 3 is 1.08 bits per heavy atom. The third kappa shape index (κ3) is 60.7. The maximum absolute atomic E-state index is 12.9. The van der Waals surface area contributed by atoms with Crippen molar-refractivity contribution in [1.29, 1.82) is 0 Å². The second-order valence-corrected chi connectivity index (χ2v) is 23.4. The monoisotopic (exact) mass is 1080 g/mol. The van der Waals surface area contributed by atoms with E-state index in [1.54, 1.807) is 0 Å². The van der Waals surface area contributed by atoms with E-state index in [1.807, 2.05) is 21.1 Å². The van der Waals surface area contributed by atoms with Gasteiger partial charge in [0.25, 0.3) is 6.29 Å². The molecular weight excluding hydrogens is 959 g/mol. The van der Waals surface area contributed by atoms with E-state index in [0.29, 0.717) is 23.9 Å². The average Bonchev–Trinajstić information content (AvgIpc) is 3.40. The Hall–Kier alpha value is -2.75. The Morgan fingerprint density at radius 1 is 0.390 bits per heavy atom. The van der Waals surface area contributed by atoms with Gasteiger partial charge in [-0.05, 0) is 77.0 Å². The van der Waals surface area contributed by atoms with E-state index < -0.39 is 24.3 Å². The highest BCUT2D eigenvalue weighted by Crippen LogP contribution is 2.17. The van der Waals surface area contributed by atoms with Crippen LogP contribution in [0.3, 0.4) is 0 Å². The molecule has 2 atom stereocenters. The molecule has 0 aliphatic carbocycles. The number of likely N-dealkylation sites (N-methyl/N-ethyl adjacent to an activating group) is 1. The molecule has 9 heteroatoms. The quantitative estimate of drug-likeness (QED) is 0.0211. The zero-order valence-corrected chi connectivity index (χ0v) is 51.4. The molecule has 0 amide bonds. The average molecular weight is 1090 g/mol. The Bertz CT molecular complexity index is 1400. The lowest BCUT2D eigenvalue weighted by Crippen LogP contribution is -2.40. The van der Waals surface area contributed by atoms with Gasteiger partial charge in [0, 0.05) is 12.8 Å². The molecule has 0 rings (SSSR count). The van der Waals surface area contributed by atoms with Gasteiger partial charge in [-0.1, -0.05) is 268 Å². The van der Waals surface area contributed by atoms with Crippen molar-refractivity contribution in [3.63, 3.8) is 0 Å². The van der Waals surface area contributed by atoms with E-state index in [0.717, 1.165) is 57.8 Å². The molecule has 0 saturated heterocycles. The van der Waals surface area contributed by atoms with Gasteiger partial charge in [0.15, 0.2) is 6.10 Å². The first-order chi connectivity index (χ1) is 37.6. The molecule has 2 unspecified atom stereocenters. The molecule has 0 aliphatic heterocycles. The molecule has 0 heterocycles. The van der Waals surface area contributed by atoms with Crippen molar-refractivity contribution in [2.45, 2.75) is 322 Å². The fourth-order valence-electron chi connectivity index (χ4n) is 9.49. The van der Waals surface area contributed by atoms with Crippen molar-refractivity contribution >= 4 is 17.9 Å². The SMILES string of the molecule is CCCCC/C=C\C/C=C\C/C=C\CCCCCCCCC(=O)OC(COC(=O)CCCCCCCCCCCCCCCCCCCCCCC/C=C\CCCCCCCCCC)COC(OCC[N+](C)(C)C)C(=O)O. The van der Waals surface area contributed by atoms with Crippen molar-refractivity contribution in [3.8, 4) is 0 Å². The molecular formula is C68H126NO8+. The summed E-state index contributed by atoms with van der Waals surface area (Å²) in [6, 6.07) is 0. The summed E-state index contributed by atoms with van der Waals surface area (Å²) in [5.74, 6) is -2.01. The maximum Gasteiger partial charge on any atom is 0.361 e. The standard InChI is InChI=1S/C68H125NO8/c1-6-8-10-12-14-16-18-20-22-24-26-27-28-29-30-31-32-33-34-35-36-37-38-39-41-42-44-46-48-50-52-54-56-58-65(70)75-62-64(63-76-68(67(72)73)74-61-60-69(3,4)5)77-66(71)59-57-55-53-51-49-47-45-43-40-25-23-21-19-17-15-13-11-9-7-2/h15,17,21,23-24,26,40,43,64,68H,6-14,16,18-20,22,25,27-39,41-42,44-63H2,1-5H3/p+1/b17-15-,23-21-,26-24-,43-40-. The number of carbonyl (C=O) groups excluding carboxylic acids is 2. The Labute approximate surface area is 476 Å². The van der Waals surface area contributed by atoms with Crippen LogP contribution in [0.1, 0.15) is 309 Å². The fourth-order valence-corrected chi connectivity index (χ4v) is 9.49. The minimum Gasteiger partial charge on any atom is -0.477 e. The number of unbranched alkanes of at least 4 members (excludes halogenated alkanes) is 38. The van der Waals surface area contributed by atoms with E-state index in [-0.39, 0.29) is 32.2 Å². The fraction of sp³-hybridized carbons (Fsp3) is 0.838. The Morgan fingerprint density at radius 2 is 0.701 bits per heavy atom. The largest absolute Gasteiger partial charge is 0.477 e. The van der Waals surface area contributed by atoms with Gasteiger partial charge in [-0.3, -0.25) is 9.59 Å². The molecule has 0 radical (unpaired) electrons. The zero-order valence-electron chi connectivity index (χ0n) is 51.4. The van der Waals surface area contributed by atoms with Gasteiger partial charge in [0.05, 0.1) is 34.4 Å². The first-order valence-corrected chi connectivity index (χ1v) is 32.8. The molecule has 0 bridgehead atoms. The van der Waals surface area contributed by atoms with Crippen molar-refractivity contribution < 1.29 is 42.9 Å². The third-order valence-corrected chi connectivity index (χ3v) is 14.6. The summed E-state index contributed by atoms with van der Waals surface area (Å²) in [6.45, 7) is 4.87. The number of carbonyl (C=O) groups is 3. The molecule has 0 saturated carbocycles. The Kier molecular flexibility index (Phi) is 57.3. The number of quaternary nitrogens is 1. The van der Waals surface area contributed by atoms with E-state index in [9.17, 15) is 19.5 Å². The second-order valence-electron chi connectivity index (χ2n) is 23.4. The minimum atomic E-state index is -1.51. The summed E-state index contributed by atoms with van der Waals surface area (Å²) in [4.78, 5) is 37.5. The predicted molar refractivity (Wildman–Crippen MR) is 327 cm³/mol. The van der Waals surface area contributed by atoms with E-state index >= 15 is 0 Å². The topological polar surface area (TPSA) is 108 Å². The minimum absolute atomic E-state index is 0.185. The number of rotatable bonds is 61. The summed E-state index contributed by atoms with van der Waals surface area (Å²) >= 11 is 0. The molecule has 0 aromatic heterocycles. The summed E-state index contributed by atoms with van der Waals surface area (Å²) in [7, 11) is 5.97. The van der Waals surface area contributed by atoms with Crippen LogP contribution in [-0.4, -0.2) is 87.4 Å². The van der Waals surface area contributed by atoms with Gasteiger partial charge in [0.2, 0.25) is 0 Å². The van der Waals surface area contributed by atoms with Gasteiger partial charge in [-0.15, -0.1) is 0 Å². The van der Waals surface area contributed by atoms with Gasteiger partial charge in [-0.25, -0.2) is 4.79 Å². The van der Waals surface area contributed by atoms with Crippen LogP contribution in [0.15, 0.2) is 48.6 Å². The summed E-state index contributed by atoms with van der Waals surface area (Å²) in [6.07, 6.45) is 72.2. The molecule has 450 valence electrons. The molecule has 9 nitrogen and oxygen atoms in total. The number of aliphatic carboxylic acids is 1. The van der Waals surface area contributed by atoms with Crippen LogP contribution in [0.2, 0.25) is 0 Å². The first-order valence-electron chi connectivity index (χ1n) is 32.8. The highest BCUT2D eigenvalue weighted by Gasteiger charge is 2.25. The van der Waals surface area contributed by atoms with E-state index in [4.69, 9.17) is 18.9 Å². The first kappa shape index (κ1) is 74.2. The zero-order chi connectivity index (χ0) is 56.2. The molecule has 77 heavy (non-hydrogen) atoms. The van der Waals surface area contributed by atoms with Crippen LogP contribution in [0.25, 0.3) is 0 Å². The van der Waals surface area contributed by atoms with Gasteiger partial charge >= 0.3 is 17.9 Å². The number of hydrogen-bond acceptors (Lipinski definition) is 7.